The first-order valence-corrected chi connectivity index (χ1v) is 16.7. The summed E-state index contributed by atoms with van der Waals surface area (Å²) in [6, 6.07) is 12.2. The van der Waals surface area contributed by atoms with Gasteiger partial charge in [-0.3, -0.25) is 24.8 Å². The van der Waals surface area contributed by atoms with Gasteiger partial charge in [-0.2, -0.15) is 5.10 Å². The van der Waals surface area contributed by atoms with Crippen LogP contribution >= 0.6 is 0 Å². The molecule has 1 aliphatic carbocycles. The zero-order valence-electron chi connectivity index (χ0n) is 26.5. The van der Waals surface area contributed by atoms with E-state index in [1.54, 1.807) is 24.7 Å². The maximum Gasteiger partial charge on any atom is 0.227 e. The molecular weight excluding hydrogens is 609 g/mol. The monoisotopic (exact) mass is 645 g/mol. The molecule has 0 bridgehead atoms. The lowest BCUT2D eigenvalue weighted by Gasteiger charge is -2.20. The first-order valence-electron chi connectivity index (χ1n) is 16.7. The van der Waals surface area contributed by atoms with Gasteiger partial charge in [0.25, 0.3) is 0 Å². The van der Waals surface area contributed by atoms with Gasteiger partial charge >= 0.3 is 0 Å². The second-order valence-corrected chi connectivity index (χ2v) is 12.7. The van der Waals surface area contributed by atoms with Crippen LogP contribution in [-0.2, 0) is 4.79 Å². The maximum absolute atomic E-state index is 14.8. The van der Waals surface area contributed by atoms with Gasteiger partial charge in [0.1, 0.15) is 29.2 Å². The highest BCUT2D eigenvalue weighted by Gasteiger charge is 2.22. The number of likely N-dealkylation sites (tertiary alicyclic amines) is 1. The van der Waals surface area contributed by atoms with E-state index < -0.39 is 5.82 Å². The molecule has 2 fully saturated rings. The molecule has 1 aromatic carbocycles. The summed E-state index contributed by atoms with van der Waals surface area (Å²) in [7, 11) is 0. The third-order valence-corrected chi connectivity index (χ3v) is 9.33. The zero-order valence-corrected chi connectivity index (χ0v) is 26.5. The molecule has 0 radical (unpaired) electrons. The maximum atomic E-state index is 14.8. The van der Waals surface area contributed by atoms with Crippen molar-refractivity contribution in [1.82, 2.24) is 40.0 Å². The van der Waals surface area contributed by atoms with Crippen molar-refractivity contribution in [3.8, 4) is 39.8 Å². The number of rotatable bonds is 9. The Morgan fingerprint density at radius 2 is 1.77 bits per heavy atom. The number of halogens is 1. The number of pyridine rings is 3. The Labute approximate surface area is 276 Å². The standard InChI is InChI=1S/C36H36FN9O2/c37-25-16-23(18-27(19-25)48-15-14-46-12-4-5-13-46)31-32-29(10-11-39-31)42-35(43-32)34-33-30(44-45-34)9-8-28(41-33)24-17-26(21-38-20-24)40-36(47)22-6-2-1-3-7-22/h8-11,16-22H,1-7,12-15H2,(H,40,47)(H,42,43)(H,44,45). The minimum atomic E-state index is -0.402. The van der Waals surface area contributed by atoms with Gasteiger partial charge < -0.3 is 15.0 Å². The third-order valence-electron chi connectivity index (χ3n) is 9.33. The van der Waals surface area contributed by atoms with Gasteiger partial charge in [0.05, 0.1) is 34.3 Å². The summed E-state index contributed by atoms with van der Waals surface area (Å²) in [5, 5.41) is 10.6. The number of anilines is 1. The van der Waals surface area contributed by atoms with Crippen LogP contribution in [0, 0.1) is 11.7 Å². The Morgan fingerprint density at radius 1 is 0.917 bits per heavy atom. The molecule has 8 rings (SSSR count). The molecule has 1 saturated carbocycles. The number of aromatic nitrogens is 7. The van der Waals surface area contributed by atoms with Gasteiger partial charge in [-0.1, -0.05) is 19.3 Å². The molecule has 2 aliphatic rings. The van der Waals surface area contributed by atoms with E-state index in [0.717, 1.165) is 61.9 Å². The van der Waals surface area contributed by atoms with E-state index in [0.29, 0.717) is 57.5 Å². The van der Waals surface area contributed by atoms with E-state index in [9.17, 15) is 9.18 Å². The fourth-order valence-electron chi connectivity index (χ4n) is 6.82. The lowest BCUT2D eigenvalue weighted by Crippen LogP contribution is -2.25. The van der Waals surface area contributed by atoms with Gasteiger partial charge in [0, 0.05) is 42.0 Å². The Hall–Kier alpha value is -5.23. The molecule has 3 N–H and O–H groups in total. The number of hydrogen-bond donors (Lipinski definition) is 3. The van der Waals surface area contributed by atoms with Crippen molar-refractivity contribution in [2.24, 2.45) is 5.92 Å². The number of carbonyl (C=O) groups is 1. The molecule has 0 atom stereocenters. The second-order valence-electron chi connectivity index (χ2n) is 12.7. The number of nitrogens with one attached hydrogen (secondary N) is 3. The molecule has 0 unspecified atom stereocenters. The molecule has 12 heteroatoms. The van der Waals surface area contributed by atoms with Gasteiger partial charge in [0.15, 0.2) is 11.5 Å². The fourth-order valence-corrected chi connectivity index (χ4v) is 6.82. The quantitative estimate of drug-likeness (QED) is 0.157. The summed E-state index contributed by atoms with van der Waals surface area (Å²) in [5.41, 5.74) is 6.41. The fraction of sp³-hybridized carbons (Fsp3) is 0.333. The van der Waals surface area contributed by atoms with E-state index >= 15 is 0 Å². The summed E-state index contributed by atoms with van der Waals surface area (Å²) in [6.45, 7) is 3.47. The summed E-state index contributed by atoms with van der Waals surface area (Å²) in [6.07, 6.45) is 12.7. The molecule has 48 heavy (non-hydrogen) atoms. The van der Waals surface area contributed by atoms with Crippen molar-refractivity contribution in [2.75, 3.05) is 31.6 Å². The number of benzene rings is 1. The highest BCUT2D eigenvalue weighted by Crippen LogP contribution is 2.33. The van der Waals surface area contributed by atoms with Crippen LogP contribution in [0.15, 0.2) is 61.1 Å². The summed E-state index contributed by atoms with van der Waals surface area (Å²) in [4.78, 5) is 37.3. The topological polar surface area (TPSA) is 138 Å². The average Bonchev–Trinajstić information content (AvgIpc) is 3.88. The zero-order chi connectivity index (χ0) is 32.5. The predicted octanol–water partition coefficient (Wildman–Crippen LogP) is 6.76. The van der Waals surface area contributed by atoms with Crippen LogP contribution in [0.2, 0.25) is 0 Å². The molecule has 1 saturated heterocycles. The number of imidazole rings is 1. The summed E-state index contributed by atoms with van der Waals surface area (Å²) in [5.74, 6) is 0.653. The van der Waals surface area contributed by atoms with E-state index in [-0.39, 0.29) is 11.8 Å². The van der Waals surface area contributed by atoms with Crippen molar-refractivity contribution in [3.05, 3.63) is 66.9 Å². The normalized spacial score (nSPS) is 15.8. The average molecular weight is 646 g/mol. The van der Waals surface area contributed by atoms with Gasteiger partial charge in [-0.15, -0.1) is 0 Å². The minimum Gasteiger partial charge on any atom is -0.492 e. The lowest BCUT2D eigenvalue weighted by atomic mass is 9.88. The number of nitrogens with zero attached hydrogens (tertiary/aromatic N) is 6. The van der Waals surface area contributed by atoms with Crippen molar-refractivity contribution in [1.29, 1.82) is 0 Å². The van der Waals surface area contributed by atoms with Crippen molar-refractivity contribution in [3.63, 3.8) is 0 Å². The SMILES string of the molecule is O=C(Nc1cncc(-c2ccc3[nH]nc(-c4nc5c(-c6cc(F)cc(OCCN7CCCC7)c6)nccc5[nH]4)c3n2)c1)C1CCCCC1. The van der Waals surface area contributed by atoms with E-state index in [4.69, 9.17) is 14.7 Å². The first-order chi connectivity index (χ1) is 23.6. The molecular formula is C36H36FN9O2. The van der Waals surface area contributed by atoms with Crippen LogP contribution < -0.4 is 10.1 Å². The highest BCUT2D eigenvalue weighted by atomic mass is 19.1. The molecule has 1 aliphatic heterocycles. The number of amides is 1. The molecule has 6 aromatic rings. The Kier molecular flexibility index (Phi) is 8.23. The Balaban J connectivity index is 1.07. The van der Waals surface area contributed by atoms with Crippen LogP contribution in [0.25, 0.3) is 56.1 Å². The lowest BCUT2D eigenvalue weighted by molar-refractivity contribution is -0.120. The number of carbonyl (C=O) groups excluding carboxylic acids is 1. The number of ether oxygens (including phenoxy) is 1. The first kappa shape index (κ1) is 30.1. The van der Waals surface area contributed by atoms with Crippen LogP contribution in [-0.4, -0.2) is 72.2 Å². The number of fused-ring (bicyclic) bond motifs is 2. The summed E-state index contributed by atoms with van der Waals surface area (Å²) >= 11 is 0. The van der Waals surface area contributed by atoms with E-state index in [2.05, 4.69) is 35.4 Å². The molecule has 6 heterocycles. The van der Waals surface area contributed by atoms with Crippen LogP contribution in [0.4, 0.5) is 10.1 Å². The Bertz CT molecular complexity index is 2100. The molecule has 5 aromatic heterocycles. The molecule has 1 amide bonds. The van der Waals surface area contributed by atoms with Crippen molar-refractivity contribution >= 4 is 33.7 Å². The minimum absolute atomic E-state index is 0.0471. The smallest absolute Gasteiger partial charge is 0.227 e. The summed E-state index contributed by atoms with van der Waals surface area (Å²) < 4.78 is 20.8. The molecule has 11 nitrogen and oxygen atoms in total. The highest BCUT2D eigenvalue weighted by molar-refractivity contribution is 5.96. The van der Waals surface area contributed by atoms with Crippen molar-refractivity contribution < 1.29 is 13.9 Å². The van der Waals surface area contributed by atoms with Crippen LogP contribution in [0.5, 0.6) is 5.75 Å². The molecule has 0 spiro atoms. The third kappa shape index (κ3) is 6.23. The van der Waals surface area contributed by atoms with E-state index in [1.807, 2.05) is 24.3 Å². The van der Waals surface area contributed by atoms with Gasteiger partial charge in [-0.25, -0.2) is 14.4 Å². The number of H-pyrrole nitrogens is 2. The Morgan fingerprint density at radius 3 is 2.65 bits per heavy atom. The predicted molar refractivity (Wildman–Crippen MR) is 182 cm³/mol. The van der Waals surface area contributed by atoms with Crippen molar-refractivity contribution in [2.45, 2.75) is 44.9 Å². The largest absolute Gasteiger partial charge is 0.492 e. The van der Waals surface area contributed by atoms with E-state index in [1.165, 1.54) is 31.4 Å². The number of aromatic amines is 2. The van der Waals surface area contributed by atoms with Gasteiger partial charge in [-0.05, 0) is 75.2 Å². The van der Waals surface area contributed by atoms with Crippen LogP contribution in [0.3, 0.4) is 0 Å². The van der Waals surface area contributed by atoms with Gasteiger partial charge in [0.2, 0.25) is 5.91 Å². The van der Waals surface area contributed by atoms with Crippen LogP contribution in [0.1, 0.15) is 44.9 Å². The number of hydrogen-bond acceptors (Lipinski definition) is 8. The molecule has 244 valence electrons. The second kappa shape index (κ2) is 13.1.